The lowest BCUT2D eigenvalue weighted by molar-refractivity contribution is -0.385. The van der Waals surface area contributed by atoms with Crippen molar-refractivity contribution in [1.82, 2.24) is 9.88 Å². The first-order chi connectivity index (χ1) is 12.0. The van der Waals surface area contributed by atoms with Gasteiger partial charge in [-0.05, 0) is 32.0 Å². The molecule has 1 saturated heterocycles. The van der Waals surface area contributed by atoms with Crippen LogP contribution in [0.3, 0.4) is 0 Å². The van der Waals surface area contributed by atoms with Gasteiger partial charge in [-0.3, -0.25) is 15.0 Å². The van der Waals surface area contributed by atoms with Gasteiger partial charge in [-0.25, -0.2) is 4.98 Å². The van der Waals surface area contributed by atoms with Crippen molar-refractivity contribution in [3.8, 4) is 0 Å². The first-order valence-electron chi connectivity index (χ1n) is 8.27. The van der Waals surface area contributed by atoms with E-state index in [1.54, 1.807) is 24.3 Å². The van der Waals surface area contributed by atoms with Gasteiger partial charge in [0.15, 0.2) is 0 Å². The first-order valence-corrected chi connectivity index (χ1v) is 9.09. The number of nitrogens with zero attached hydrogens (tertiary/aromatic N) is 3. The molecule has 0 spiro atoms. The molecule has 2 aromatic heterocycles. The highest BCUT2D eigenvalue weighted by atomic mass is 32.1. The number of ether oxygens (including phenoxy) is 1. The lowest BCUT2D eigenvalue weighted by Gasteiger charge is -2.34. The smallest absolute Gasteiger partial charge is 0.290 e. The zero-order chi connectivity index (χ0) is 17.8. The van der Waals surface area contributed by atoms with E-state index in [2.05, 4.69) is 34.3 Å². The molecule has 0 amide bonds. The van der Waals surface area contributed by atoms with E-state index in [0.717, 1.165) is 26.3 Å². The van der Waals surface area contributed by atoms with E-state index in [1.807, 2.05) is 0 Å². The van der Waals surface area contributed by atoms with Crippen LogP contribution in [0.5, 0.6) is 0 Å². The minimum Gasteiger partial charge on any atom is -0.379 e. The molecule has 8 heteroatoms. The molecule has 2 aromatic rings. The molecule has 1 unspecified atom stereocenters. The van der Waals surface area contributed by atoms with Gasteiger partial charge < -0.3 is 10.1 Å². The van der Waals surface area contributed by atoms with Crippen molar-refractivity contribution in [3.63, 3.8) is 0 Å². The Morgan fingerprint density at radius 2 is 2.16 bits per heavy atom. The van der Waals surface area contributed by atoms with Gasteiger partial charge in [-0.15, -0.1) is 11.3 Å². The third kappa shape index (κ3) is 4.33. The monoisotopic (exact) mass is 362 g/mol. The summed E-state index contributed by atoms with van der Waals surface area (Å²) in [4.78, 5) is 19.7. The Kier molecular flexibility index (Phi) is 5.62. The van der Waals surface area contributed by atoms with E-state index in [0.29, 0.717) is 17.9 Å². The Labute approximate surface area is 150 Å². The third-order valence-electron chi connectivity index (χ3n) is 4.33. The molecule has 0 saturated carbocycles. The van der Waals surface area contributed by atoms with Crippen molar-refractivity contribution >= 4 is 22.8 Å². The maximum Gasteiger partial charge on any atom is 0.290 e. The predicted octanol–water partition coefficient (Wildman–Crippen LogP) is 3.15. The van der Waals surface area contributed by atoms with Crippen molar-refractivity contribution in [1.29, 1.82) is 0 Å². The highest BCUT2D eigenvalue weighted by Crippen LogP contribution is 2.29. The molecule has 0 aromatic carbocycles. The summed E-state index contributed by atoms with van der Waals surface area (Å²) in [6, 6.07) is 6.28. The molecule has 1 fully saturated rings. The zero-order valence-corrected chi connectivity index (χ0v) is 15.2. The average molecular weight is 362 g/mol. The van der Waals surface area contributed by atoms with Crippen molar-refractivity contribution < 1.29 is 9.66 Å². The van der Waals surface area contributed by atoms with Crippen LogP contribution in [0.2, 0.25) is 0 Å². The normalized spacial score (nSPS) is 16.6. The second-order valence-corrected chi connectivity index (χ2v) is 7.43. The second kappa shape index (κ2) is 7.90. The number of morpholine rings is 1. The predicted molar refractivity (Wildman–Crippen MR) is 98.3 cm³/mol. The summed E-state index contributed by atoms with van der Waals surface area (Å²) in [5, 5.41) is 14.3. The molecule has 3 heterocycles. The number of nitro groups is 1. The van der Waals surface area contributed by atoms with E-state index < -0.39 is 4.92 Å². The number of aryl methyl sites for hydroxylation is 2. The van der Waals surface area contributed by atoms with Gasteiger partial charge in [0.25, 0.3) is 5.69 Å². The lowest BCUT2D eigenvalue weighted by atomic mass is 10.2. The van der Waals surface area contributed by atoms with E-state index in [9.17, 15) is 10.1 Å². The fraction of sp³-hybridized carbons (Fsp3) is 0.471. The van der Waals surface area contributed by atoms with Gasteiger partial charge in [0.2, 0.25) is 0 Å². The Morgan fingerprint density at radius 1 is 1.40 bits per heavy atom. The Bertz CT molecular complexity index is 743. The molecule has 1 aliphatic heterocycles. The molecule has 1 N–H and O–H groups in total. The average Bonchev–Trinajstić information content (AvgIpc) is 3.02. The highest BCUT2D eigenvalue weighted by Gasteiger charge is 2.24. The molecule has 0 bridgehead atoms. The molecule has 0 aliphatic carbocycles. The standard InChI is InChI=1S/C17H22N4O3S/c1-12-9-17(18-10-14(12)21(22)23)19-11-15(16-4-3-13(2)25-16)20-5-7-24-8-6-20/h3-4,9-10,15H,5-8,11H2,1-2H3,(H,18,19). The molecule has 3 rings (SSSR count). The number of thiophene rings is 1. The number of anilines is 1. The van der Waals surface area contributed by atoms with Crippen molar-refractivity contribution in [2.24, 2.45) is 0 Å². The van der Waals surface area contributed by atoms with Gasteiger partial charge >= 0.3 is 0 Å². The van der Waals surface area contributed by atoms with Crippen molar-refractivity contribution in [2.75, 3.05) is 38.2 Å². The molecule has 134 valence electrons. The topological polar surface area (TPSA) is 80.5 Å². The molecule has 1 aliphatic rings. The summed E-state index contributed by atoms with van der Waals surface area (Å²) in [5.74, 6) is 0.662. The summed E-state index contributed by atoms with van der Waals surface area (Å²) in [6.07, 6.45) is 1.32. The number of pyridine rings is 1. The fourth-order valence-corrected chi connectivity index (χ4v) is 3.98. The number of rotatable bonds is 6. The van der Waals surface area contributed by atoms with Crippen LogP contribution in [-0.2, 0) is 4.74 Å². The molecular formula is C17H22N4O3S. The summed E-state index contributed by atoms with van der Waals surface area (Å²) >= 11 is 1.80. The largest absolute Gasteiger partial charge is 0.379 e. The third-order valence-corrected chi connectivity index (χ3v) is 5.43. The maximum atomic E-state index is 10.9. The van der Waals surface area contributed by atoms with Crippen LogP contribution < -0.4 is 5.32 Å². The van der Waals surface area contributed by atoms with Gasteiger partial charge in [-0.2, -0.15) is 0 Å². The summed E-state index contributed by atoms with van der Waals surface area (Å²) in [6.45, 7) is 7.83. The van der Waals surface area contributed by atoms with E-state index in [4.69, 9.17) is 4.74 Å². The summed E-state index contributed by atoms with van der Waals surface area (Å²) in [7, 11) is 0. The van der Waals surface area contributed by atoms with Crippen LogP contribution in [0.1, 0.15) is 21.4 Å². The molecule has 7 nitrogen and oxygen atoms in total. The minimum atomic E-state index is -0.406. The first kappa shape index (κ1) is 17.8. The fourth-order valence-electron chi connectivity index (χ4n) is 2.97. The Hall–Kier alpha value is -2.03. The lowest BCUT2D eigenvalue weighted by Crippen LogP contribution is -2.41. The molecular weight excluding hydrogens is 340 g/mol. The quantitative estimate of drug-likeness (QED) is 0.628. The van der Waals surface area contributed by atoms with Crippen LogP contribution in [0.4, 0.5) is 11.5 Å². The molecule has 25 heavy (non-hydrogen) atoms. The van der Waals surface area contributed by atoms with Crippen molar-refractivity contribution in [3.05, 3.63) is 49.8 Å². The second-order valence-electron chi connectivity index (χ2n) is 6.11. The highest BCUT2D eigenvalue weighted by molar-refractivity contribution is 7.12. The SMILES string of the molecule is Cc1ccc(C(CNc2cc(C)c([N+](=O)[O-])cn2)N2CCOCC2)s1. The minimum absolute atomic E-state index is 0.0455. The summed E-state index contributed by atoms with van der Waals surface area (Å²) < 4.78 is 5.47. The van der Waals surface area contributed by atoms with Crippen LogP contribution in [0.15, 0.2) is 24.4 Å². The maximum absolute atomic E-state index is 10.9. The van der Waals surface area contributed by atoms with Gasteiger partial charge in [0.05, 0.1) is 24.2 Å². The van der Waals surface area contributed by atoms with Gasteiger partial charge in [0, 0.05) is 35.0 Å². The number of hydrogen-bond donors (Lipinski definition) is 1. The molecule has 0 radical (unpaired) electrons. The van der Waals surface area contributed by atoms with E-state index in [1.165, 1.54) is 16.0 Å². The van der Waals surface area contributed by atoms with Crippen LogP contribution in [-0.4, -0.2) is 47.7 Å². The Balaban J connectivity index is 1.74. The van der Waals surface area contributed by atoms with Crippen molar-refractivity contribution in [2.45, 2.75) is 19.9 Å². The van der Waals surface area contributed by atoms with E-state index in [-0.39, 0.29) is 11.7 Å². The number of aromatic nitrogens is 1. The van der Waals surface area contributed by atoms with Gasteiger partial charge in [0.1, 0.15) is 12.0 Å². The summed E-state index contributed by atoms with van der Waals surface area (Å²) in [5.41, 5.74) is 0.654. The number of nitrogens with one attached hydrogen (secondary N) is 1. The number of hydrogen-bond acceptors (Lipinski definition) is 7. The zero-order valence-electron chi connectivity index (χ0n) is 14.4. The van der Waals surface area contributed by atoms with Gasteiger partial charge in [-0.1, -0.05) is 0 Å². The van der Waals surface area contributed by atoms with E-state index >= 15 is 0 Å². The van der Waals surface area contributed by atoms with Crippen LogP contribution >= 0.6 is 11.3 Å². The Morgan fingerprint density at radius 3 is 2.76 bits per heavy atom. The van der Waals surface area contributed by atoms with Crippen LogP contribution in [0.25, 0.3) is 0 Å². The molecule has 1 atom stereocenters. The van der Waals surface area contributed by atoms with Crippen LogP contribution in [0, 0.1) is 24.0 Å².